The summed E-state index contributed by atoms with van der Waals surface area (Å²) in [6, 6.07) is 18.4. The highest BCUT2D eigenvalue weighted by molar-refractivity contribution is 5.92. The zero-order chi connectivity index (χ0) is 18.2. The number of halogens is 1. The Bertz CT molecular complexity index is 708. The first-order valence-corrected chi connectivity index (χ1v) is 9.48. The van der Waals surface area contributed by atoms with Gasteiger partial charge < -0.3 is 15.8 Å². The molecule has 0 aliphatic heterocycles. The third kappa shape index (κ3) is 6.98. The minimum atomic E-state index is 0. The first kappa shape index (κ1) is 21.4. The van der Waals surface area contributed by atoms with Crippen LogP contribution in [-0.2, 0) is 22.6 Å². The number of amides is 1. The molecule has 0 spiro atoms. The average molecular weight is 389 g/mol. The Morgan fingerprint density at radius 1 is 1.07 bits per heavy atom. The van der Waals surface area contributed by atoms with Gasteiger partial charge in [0.05, 0.1) is 13.2 Å². The maximum absolute atomic E-state index is 12.4. The lowest BCUT2D eigenvalue weighted by Gasteiger charge is -2.25. The van der Waals surface area contributed by atoms with Gasteiger partial charge in [-0.15, -0.1) is 12.4 Å². The monoisotopic (exact) mass is 388 g/mol. The normalized spacial score (nSPS) is 19.1. The number of hydrogen-bond donors (Lipinski definition) is 2. The van der Waals surface area contributed by atoms with Crippen LogP contribution in [0.3, 0.4) is 0 Å². The van der Waals surface area contributed by atoms with E-state index in [1.54, 1.807) is 0 Å². The van der Waals surface area contributed by atoms with Crippen molar-refractivity contribution in [3.63, 3.8) is 0 Å². The van der Waals surface area contributed by atoms with E-state index in [1.165, 1.54) is 5.56 Å². The van der Waals surface area contributed by atoms with Crippen molar-refractivity contribution >= 4 is 24.0 Å². The summed E-state index contributed by atoms with van der Waals surface area (Å²) >= 11 is 0. The molecule has 1 saturated carbocycles. The van der Waals surface area contributed by atoms with Crippen LogP contribution in [0.1, 0.15) is 36.8 Å². The molecule has 2 atom stereocenters. The standard InChI is InChI=1S/C22H28N2O2.ClH/c23-20-10-5-9-19(15-20)22(25)24-21-11-4-8-18(14-21)16-26-13-12-17-6-2-1-3-7-17;/h1-4,6-8,11,14,19-20H,5,9-10,12-13,15-16,23H2,(H,24,25);1H. The van der Waals surface area contributed by atoms with E-state index in [1.807, 2.05) is 42.5 Å². The zero-order valence-electron chi connectivity index (χ0n) is 15.6. The molecule has 27 heavy (non-hydrogen) atoms. The number of anilines is 1. The van der Waals surface area contributed by atoms with Gasteiger partial charge in [-0.3, -0.25) is 4.79 Å². The topological polar surface area (TPSA) is 64.4 Å². The minimum Gasteiger partial charge on any atom is -0.376 e. The maximum atomic E-state index is 12.4. The Morgan fingerprint density at radius 2 is 1.85 bits per heavy atom. The van der Waals surface area contributed by atoms with Crippen LogP contribution in [0.4, 0.5) is 5.69 Å². The number of nitrogens with one attached hydrogen (secondary N) is 1. The number of nitrogens with two attached hydrogens (primary N) is 1. The van der Waals surface area contributed by atoms with Gasteiger partial charge in [0.1, 0.15) is 0 Å². The first-order chi connectivity index (χ1) is 12.7. The molecule has 0 bridgehead atoms. The van der Waals surface area contributed by atoms with Crippen molar-refractivity contribution in [3.8, 4) is 0 Å². The van der Waals surface area contributed by atoms with E-state index in [-0.39, 0.29) is 30.3 Å². The van der Waals surface area contributed by atoms with Crippen molar-refractivity contribution in [2.24, 2.45) is 11.7 Å². The second-order valence-corrected chi connectivity index (χ2v) is 7.10. The van der Waals surface area contributed by atoms with Gasteiger partial charge in [0, 0.05) is 17.6 Å². The van der Waals surface area contributed by atoms with Crippen LogP contribution in [0.2, 0.25) is 0 Å². The van der Waals surface area contributed by atoms with E-state index in [0.717, 1.165) is 43.4 Å². The van der Waals surface area contributed by atoms with Gasteiger partial charge in [-0.1, -0.05) is 48.9 Å². The highest BCUT2D eigenvalue weighted by Gasteiger charge is 2.25. The minimum absolute atomic E-state index is 0. The molecule has 5 heteroatoms. The van der Waals surface area contributed by atoms with Gasteiger partial charge in [-0.2, -0.15) is 0 Å². The number of rotatable bonds is 7. The predicted molar refractivity (Wildman–Crippen MR) is 112 cm³/mol. The van der Waals surface area contributed by atoms with E-state index in [0.29, 0.717) is 13.2 Å². The number of carbonyl (C=O) groups is 1. The van der Waals surface area contributed by atoms with Crippen LogP contribution < -0.4 is 11.1 Å². The third-order valence-corrected chi connectivity index (χ3v) is 4.93. The molecule has 2 aromatic rings. The molecular weight excluding hydrogens is 360 g/mol. The van der Waals surface area contributed by atoms with E-state index in [9.17, 15) is 4.79 Å². The van der Waals surface area contributed by atoms with Crippen molar-refractivity contribution in [3.05, 3.63) is 65.7 Å². The SMILES string of the molecule is Cl.NC1CCCC(C(=O)Nc2cccc(COCCc3ccccc3)c2)C1. The van der Waals surface area contributed by atoms with Gasteiger partial charge >= 0.3 is 0 Å². The first-order valence-electron chi connectivity index (χ1n) is 9.48. The van der Waals surface area contributed by atoms with E-state index in [4.69, 9.17) is 10.5 Å². The maximum Gasteiger partial charge on any atom is 0.227 e. The molecule has 1 amide bonds. The summed E-state index contributed by atoms with van der Waals surface area (Å²) in [6.07, 6.45) is 4.68. The van der Waals surface area contributed by atoms with Gasteiger partial charge in [0.25, 0.3) is 0 Å². The van der Waals surface area contributed by atoms with E-state index in [2.05, 4.69) is 17.4 Å². The number of hydrogen-bond acceptors (Lipinski definition) is 3. The molecule has 3 N–H and O–H groups in total. The Hall–Kier alpha value is -1.88. The molecule has 4 nitrogen and oxygen atoms in total. The average Bonchev–Trinajstić information content (AvgIpc) is 2.66. The van der Waals surface area contributed by atoms with Gasteiger partial charge in [-0.05, 0) is 48.9 Å². The lowest BCUT2D eigenvalue weighted by Crippen LogP contribution is -2.34. The zero-order valence-corrected chi connectivity index (χ0v) is 16.4. The van der Waals surface area contributed by atoms with Gasteiger partial charge in [0.15, 0.2) is 0 Å². The summed E-state index contributed by atoms with van der Waals surface area (Å²) in [5.74, 6) is 0.117. The van der Waals surface area contributed by atoms with E-state index >= 15 is 0 Å². The van der Waals surface area contributed by atoms with Crippen LogP contribution in [-0.4, -0.2) is 18.6 Å². The van der Waals surface area contributed by atoms with Crippen molar-refractivity contribution in [1.29, 1.82) is 0 Å². The van der Waals surface area contributed by atoms with Crippen molar-refractivity contribution in [2.45, 2.75) is 44.8 Å². The fourth-order valence-corrected chi connectivity index (χ4v) is 3.47. The summed E-state index contributed by atoms with van der Waals surface area (Å²) in [7, 11) is 0. The smallest absolute Gasteiger partial charge is 0.227 e. The molecule has 0 saturated heterocycles. The summed E-state index contributed by atoms with van der Waals surface area (Å²) in [5, 5.41) is 3.04. The predicted octanol–water partition coefficient (Wildman–Crippen LogP) is 4.32. The summed E-state index contributed by atoms with van der Waals surface area (Å²) in [5.41, 5.74) is 9.17. The highest BCUT2D eigenvalue weighted by Crippen LogP contribution is 2.24. The molecule has 0 heterocycles. The Morgan fingerprint density at radius 3 is 2.63 bits per heavy atom. The number of ether oxygens (including phenoxy) is 1. The molecule has 1 fully saturated rings. The second-order valence-electron chi connectivity index (χ2n) is 7.10. The largest absolute Gasteiger partial charge is 0.376 e. The van der Waals surface area contributed by atoms with E-state index < -0.39 is 0 Å². The fraction of sp³-hybridized carbons (Fsp3) is 0.409. The summed E-state index contributed by atoms with van der Waals surface area (Å²) in [6.45, 7) is 1.23. The molecule has 2 unspecified atom stereocenters. The van der Waals surface area contributed by atoms with Gasteiger partial charge in [0.2, 0.25) is 5.91 Å². The quantitative estimate of drug-likeness (QED) is 0.694. The van der Waals surface area contributed by atoms with Crippen LogP contribution >= 0.6 is 12.4 Å². The van der Waals surface area contributed by atoms with Crippen LogP contribution in [0, 0.1) is 5.92 Å². The fourth-order valence-electron chi connectivity index (χ4n) is 3.47. The summed E-state index contributed by atoms with van der Waals surface area (Å²) in [4.78, 5) is 12.4. The number of benzene rings is 2. The highest BCUT2D eigenvalue weighted by atomic mass is 35.5. The molecule has 1 aliphatic rings. The van der Waals surface area contributed by atoms with Gasteiger partial charge in [-0.25, -0.2) is 0 Å². The lowest BCUT2D eigenvalue weighted by molar-refractivity contribution is -0.120. The molecule has 0 radical (unpaired) electrons. The number of carbonyl (C=O) groups excluding carboxylic acids is 1. The molecule has 1 aliphatic carbocycles. The Kier molecular flexibility index (Phi) is 8.79. The van der Waals surface area contributed by atoms with Crippen LogP contribution in [0.25, 0.3) is 0 Å². The second kappa shape index (κ2) is 11.1. The van der Waals surface area contributed by atoms with Crippen molar-refractivity contribution in [1.82, 2.24) is 0 Å². The molecule has 146 valence electrons. The van der Waals surface area contributed by atoms with Crippen LogP contribution in [0.5, 0.6) is 0 Å². The Balaban J connectivity index is 0.00000261. The molecule has 3 rings (SSSR count). The van der Waals surface area contributed by atoms with Crippen molar-refractivity contribution < 1.29 is 9.53 Å². The Labute approximate surface area is 167 Å². The molecule has 0 aromatic heterocycles. The summed E-state index contributed by atoms with van der Waals surface area (Å²) < 4.78 is 5.78. The third-order valence-electron chi connectivity index (χ3n) is 4.93. The van der Waals surface area contributed by atoms with Crippen LogP contribution in [0.15, 0.2) is 54.6 Å². The molecule has 2 aromatic carbocycles. The van der Waals surface area contributed by atoms with Crippen molar-refractivity contribution in [2.75, 3.05) is 11.9 Å². The lowest BCUT2D eigenvalue weighted by atomic mass is 9.85. The molecular formula is C22H29ClN2O2.